The smallest absolute Gasteiger partial charge is 0.407 e. The molecule has 0 saturated heterocycles. The summed E-state index contributed by atoms with van der Waals surface area (Å²) in [6, 6.07) is 9.55. The number of hydrogen-bond donors (Lipinski definition) is 2. The first kappa shape index (κ1) is 16.1. The first-order valence-electron chi connectivity index (χ1n) is 7.54. The number of nitrogens with one attached hydrogen (secondary N) is 1. The largest absolute Gasteiger partial charge is 0.446 e. The highest BCUT2D eigenvalue weighted by molar-refractivity contribution is 5.67. The van der Waals surface area contributed by atoms with Crippen LogP contribution in [0.15, 0.2) is 30.3 Å². The number of carbonyl (C=O) groups excluding carboxylic acids is 2. The number of benzene rings is 1. The standard InChI is InChI=1S/C16H22N2O4/c17-15(19)22-14-8-6-12(7-9-14)10-18-16(20)21-11-13-4-2-1-3-5-13/h1-5,12,14H,6-11H2,(H2,17,19)(H,18,20). The van der Waals surface area contributed by atoms with Gasteiger partial charge in [0, 0.05) is 6.54 Å². The summed E-state index contributed by atoms with van der Waals surface area (Å²) in [6.45, 7) is 0.850. The number of nitrogens with two attached hydrogens (primary N) is 1. The lowest BCUT2D eigenvalue weighted by molar-refractivity contribution is 0.0705. The van der Waals surface area contributed by atoms with Crippen LogP contribution in [0, 0.1) is 5.92 Å². The van der Waals surface area contributed by atoms with Gasteiger partial charge in [0.1, 0.15) is 12.7 Å². The number of ether oxygens (including phenoxy) is 2. The Morgan fingerprint density at radius 1 is 1.14 bits per heavy atom. The molecule has 6 heteroatoms. The van der Waals surface area contributed by atoms with Gasteiger partial charge in [0.2, 0.25) is 0 Å². The zero-order chi connectivity index (χ0) is 15.8. The minimum absolute atomic E-state index is 0.0845. The molecule has 0 atom stereocenters. The van der Waals surface area contributed by atoms with Gasteiger partial charge in [-0.1, -0.05) is 30.3 Å². The van der Waals surface area contributed by atoms with Crippen LogP contribution in [0.2, 0.25) is 0 Å². The fourth-order valence-electron chi connectivity index (χ4n) is 2.62. The van der Waals surface area contributed by atoms with E-state index in [0.717, 1.165) is 31.2 Å². The lowest BCUT2D eigenvalue weighted by atomic mass is 9.87. The van der Waals surface area contributed by atoms with Crippen molar-refractivity contribution in [3.05, 3.63) is 35.9 Å². The van der Waals surface area contributed by atoms with Crippen molar-refractivity contribution < 1.29 is 19.1 Å². The van der Waals surface area contributed by atoms with Crippen LogP contribution in [-0.2, 0) is 16.1 Å². The second-order valence-corrected chi connectivity index (χ2v) is 5.52. The minimum atomic E-state index is -0.717. The summed E-state index contributed by atoms with van der Waals surface area (Å²) in [4.78, 5) is 22.3. The van der Waals surface area contributed by atoms with Crippen molar-refractivity contribution in [1.82, 2.24) is 5.32 Å². The molecular formula is C16H22N2O4. The quantitative estimate of drug-likeness (QED) is 0.874. The van der Waals surface area contributed by atoms with Crippen LogP contribution in [0.5, 0.6) is 0 Å². The van der Waals surface area contributed by atoms with E-state index in [4.69, 9.17) is 15.2 Å². The van der Waals surface area contributed by atoms with Crippen LogP contribution in [0.1, 0.15) is 31.2 Å². The number of primary amides is 1. The van der Waals surface area contributed by atoms with Crippen LogP contribution < -0.4 is 11.1 Å². The second kappa shape index (κ2) is 8.26. The van der Waals surface area contributed by atoms with Crippen molar-refractivity contribution in [2.45, 2.75) is 38.4 Å². The third-order valence-electron chi connectivity index (χ3n) is 3.82. The third kappa shape index (κ3) is 5.63. The maximum atomic E-state index is 11.6. The molecule has 6 nitrogen and oxygen atoms in total. The Morgan fingerprint density at radius 2 is 1.82 bits per heavy atom. The molecular weight excluding hydrogens is 284 g/mol. The molecule has 2 amide bonds. The summed E-state index contributed by atoms with van der Waals surface area (Å²) in [5, 5.41) is 2.78. The number of hydrogen-bond acceptors (Lipinski definition) is 4. The molecule has 2 rings (SSSR count). The van der Waals surface area contributed by atoms with Gasteiger partial charge in [0.15, 0.2) is 0 Å². The highest BCUT2D eigenvalue weighted by Gasteiger charge is 2.23. The van der Waals surface area contributed by atoms with Gasteiger partial charge in [-0.25, -0.2) is 9.59 Å². The predicted octanol–water partition coefficient (Wildman–Crippen LogP) is 2.57. The first-order chi connectivity index (χ1) is 10.6. The van der Waals surface area contributed by atoms with E-state index in [9.17, 15) is 9.59 Å². The summed E-state index contributed by atoms with van der Waals surface area (Å²) in [5.74, 6) is 0.386. The molecule has 1 saturated carbocycles. The number of alkyl carbamates (subject to hydrolysis) is 1. The third-order valence-corrected chi connectivity index (χ3v) is 3.82. The molecule has 0 spiro atoms. The molecule has 1 fully saturated rings. The fraction of sp³-hybridized carbons (Fsp3) is 0.500. The zero-order valence-corrected chi connectivity index (χ0v) is 12.5. The maximum Gasteiger partial charge on any atom is 0.407 e. The monoisotopic (exact) mass is 306 g/mol. The second-order valence-electron chi connectivity index (χ2n) is 5.52. The Labute approximate surface area is 130 Å². The fourth-order valence-corrected chi connectivity index (χ4v) is 2.62. The van der Waals surface area contributed by atoms with Crippen molar-refractivity contribution in [3.63, 3.8) is 0 Å². The Bertz CT molecular complexity index is 484. The highest BCUT2D eigenvalue weighted by atomic mass is 16.6. The molecule has 0 bridgehead atoms. The van der Waals surface area contributed by atoms with Crippen LogP contribution in [0.25, 0.3) is 0 Å². The maximum absolute atomic E-state index is 11.6. The average molecular weight is 306 g/mol. The molecule has 0 radical (unpaired) electrons. The molecule has 0 heterocycles. The van der Waals surface area contributed by atoms with Gasteiger partial charge in [-0.3, -0.25) is 0 Å². The SMILES string of the molecule is NC(=O)OC1CCC(CNC(=O)OCc2ccccc2)CC1. The lowest BCUT2D eigenvalue weighted by Crippen LogP contribution is -2.34. The summed E-state index contributed by atoms with van der Waals surface area (Å²) in [7, 11) is 0. The van der Waals surface area contributed by atoms with Gasteiger partial charge >= 0.3 is 12.2 Å². The molecule has 0 unspecified atom stereocenters. The predicted molar refractivity (Wildman–Crippen MR) is 81.0 cm³/mol. The van der Waals surface area contributed by atoms with Crippen molar-refractivity contribution in [3.8, 4) is 0 Å². The van der Waals surface area contributed by atoms with E-state index < -0.39 is 12.2 Å². The van der Waals surface area contributed by atoms with E-state index in [1.165, 1.54) is 0 Å². The average Bonchev–Trinajstić information content (AvgIpc) is 2.53. The van der Waals surface area contributed by atoms with Crippen LogP contribution in [0.3, 0.4) is 0 Å². The zero-order valence-electron chi connectivity index (χ0n) is 12.5. The first-order valence-corrected chi connectivity index (χ1v) is 7.54. The number of amides is 2. The van der Waals surface area contributed by atoms with Crippen molar-refractivity contribution in [1.29, 1.82) is 0 Å². The Kier molecular flexibility index (Phi) is 6.06. The molecule has 120 valence electrons. The normalized spacial score (nSPS) is 20.9. The van der Waals surface area contributed by atoms with Crippen LogP contribution >= 0.6 is 0 Å². The van der Waals surface area contributed by atoms with Crippen molar-refractivity contribution >= 4 is 12.2 Å². The highest BCUT2D eigenvalue weighted by Crippen LogP contribution is 2.25. The molecule has 1 aromatic carbocycles. The molecule has 1 aromatic rings. The van der Waals surface area contributed by atoms with Crippen molar-refractivity contribution in [2.75, 3.05) is 6.54 Å². The summed E-state index contributed by atoms with van der Waals surface area (Å²) in [6.07, 6.45) is 2.17. The molecule has 0 aliphatic heterocycles. The molecule has 3 N–H and O–H groups in total. The van der Waals surface area contributed by atoms with E-state index in [1.807, 2.05) is 30.3 Å². The molecule has 1 aliphatic carbocycles. The van der Waals surface area contributed by atoms with Gasteiger partial charge in [0.05, 0.1) is 0 Å². The van der Waals surface area contributed by atoms with Gasteiger partial charge in [-0.05, 0) is 37.2 Å². The number of carbonyl (C=O) groups is 2. The minimum Gasteiger partial charge on any atom is -0.446 e. The molecule has 0 aromatic heterocycles. The Morgan fingerprint density at radius 3 is 2.45 bits per heavy atom. The lowest BCUT2D eigenvalue weighted by Gasteiger charge is -2.27. The van der Waals surface area contributed by atoms with Gasteiger partial charge in [-0.15, -0.1) is 0 Å². The number of rotatable bonds is 5. The van der Waals surface area contributed by atoms with E-state index in [2.05, 4.69) is 5.32 Å². The van der Waals surface area contributed by atoms with E-state index in [1.54, 1.807) is 0 Å². The summed E-state index contributed by atoms with van der Waals surface area (Å²) >= 11 is 0. The van der Waals surface area contributed by atoms with Gasteiger partial charge in [0.25, 0.3) is 0 Å². The van der Waals surface area contributed by atoms with Crippen LogP contribution in [0.4, 0.5) is 9.59 Å². The van der Waals surface area contributed by atoms with E-state index in [0.29, 0.717) is 12.5 Å². The molecule has 22 heavy (non-hydrogen) atoms. The van der Waals surface area contributed by atoms with E-state index >= 15 is 0 Å². The van der Waals surface area contributed by atoms with Crippen molar-refractivity contribution in [2.24, 2.45) is 11.7 Å². The molecule has 1 aliphatic rings. The van der Waals surface area contributed by atoms with Gasteiger partial charge < -0.3 is 20.5 Å². The Balaban J connectivity index is 1.60. The van der Waals surface area contributed by atoms with E-state index in [-0.39, 0.29) is 12.7 Å². The van der Waals surface area contributed by atoms with Crippen LogP contribution in [-0.4, -0.2) is 24.8 Å². The Hall–Kier alpha value is -2.24. The topological polar surface area (TPSA) is 90.7 Å². The summed E-state index contributed by atoms with van der Waals surface area (Å²) in [5.41, 5.74) is 5.96. The van der Waals surface area contributed by atoms with Gasteiger partial charge in [-0.2, -0.15) is 0 Å². The summed E-state index contributed by atoms with van der Waals surface area (Å²) < 4.78 is 10.1.